The van der Waals surface area contributed by atoms with Crippen LogP contribution in [0.25, 0.3) is 0 Å². The van der Waals surface area contributed by atoms with E-state index in [-0.39, 0.29) is 12.0 Å². The molecule has 0 unspecified atom stereocenters. The Kier molecular flexibility index (Phi) is 5.13. The van der Waals surface area contributed by atoms with Crippen LogP contribution >= 0.6 is 0 Å². The molecule has 2 atom stereocenters. The Bertz CT molecular complexity index is 596. The van der Waals surface area contributed by atoms with Crippen molar-refractivity contribution in [3.8, 4) is 0 Å². The van der Waals surface area contributed by atoms with E-state index in [1.807, 2.05) is 0 Å². The van der Waals surface area contributed by atoms with Crippen molar-refractivity contribution in [2.75, 3.05) is 13.1 Å². The number of halogens is 3. The summed E-state index contributed by atoms with van der Waals surface area (Å²) in [7, 11) is 0. The van der Waals surface area contributed by atoms with Gasteiger partial charge in [0.05, 0.1) is 5.56 Å². The monoisotopic (exact) mass is 344 g/mol. The third-order valence-electron chi connectivity index (χ3n) is 3.82. The second-order valence-corrected chi connectivity index (χ2v) is 7.20. The van der Waals surface area contributed by atoms with E-state index in [0.717, 1.165) is 12.1 Å². The first-order valence-electron chi connectivity index (χ1n) is 7.86. The van der Waals surface area contributed by atoms with Crippen molar-refractivity contribution in [2.24, 2.45) is 5.73 Å². The molecule has 7 heteroatoms. The van der Waals surface area contributed by atoms with Gasteiger partial charge in [0.15, 0.2) is 0 Å². The third-order valence-corrected chi connectivity index (χ3v) is 3.82. The second kappa shape index (κ2) is 6.63. The first-order valence-corrected chi connectivity index (χ1v) is 7.86. The summed E-state index contributed by atoms with van der Waals surface area (Å²) in [6, 6.07) is 4.90. The maximum Gasteiger partial charge on any atom is 0.416 e. The standard InChI is InChI=1S/C17H23F3N2O2/c1-16(2,3)24-15(23)22-9-12(8-14(21)10-22)11-5-4-6-13(7-11)17(18,19)20/h4-7,12,14H,8-10,21H2,1-3H3/t12-,14-/m1/s1. The van der Waals surface area contributed by atoms with Gasteiger partial charge in [-0.15, -0.1) is 0 Å². The van der Waals surface area contributed by atoms with Crippen molar-refractivity contribution in [3.05, 3.63) is 35.4 Å². The van der Waals surface area contributed by atoms with Crippen LogP contribution < -0.4 is 5.73 Å². The van der Waals surface area contributed by atoms with Gasteiger partial charge in [0, 0.05) is 25.0 Å². The van der Waals surface area contributed by atoms with E-state index in [9.17, 15) is 18.0 Å². The fraction of sp³-hybridized carbons (Fsp3) is 0.588. The van der Waals surface area contributed by atoms with E-state index in [0.29, 0.717) is 25.1 Å². The van der Waals surface area contributed by atoms with Crippen LogP contribution in [0.5, 0.6) is 0 Å². The lowest BCUT2D eigenvalue weighted by Gasteiger charge is -2.37. The van der Waals surface area contributed by atoms with Gasteiger partial charge >= 0.3 is 12.3 Å². The van der Waals surface area contributed by atoms with Crippen molar-refractivity contribution >= 4 is 6.09 Å². The van der Waals surface area contributed by atoms with E-state index in [2.05, 4.69) is 0 Å². The maximum atomic E-state index is 12.9. The average Bonchev–Trinajstić information content (AvgIpc) is 2.44. The molecule has 2 N–H and O–H groups in total. The van der Waals surface area contributed by atoms with Gasteiger partial charge in [-0.3, -0.25) is 0 Å². The molecule has 1 heterocycles. The minimum absolute atomic E-state index is 0.247. The Morgan fingerprint density at radius 1 is 1.25 bits per heavy atom. The summed E-state index contributed by atoms with van der Waals surface area (Å²) in [4.78, 5) is 13.7. The molecule has 2 rings (SSSR count). The van der Waals surface area contributed by atoms with Crippen molar-refractivity contribution in [3.63, 3.8) is 0 Å². The number of alkyl halides is 3. The lowest BCUT2D eigenvalue weighted by molar-refractivity contribution is -0.137. The van der Waals surface area contributed by atoms with Crippen LogP contribution in [-0.4, -0.2) is 35.7 Å². The predicted molar refractivity (Wildman–Crippen MR) is 84.6 cm³/mol. The molecule has 0 aliphatic carbocycles. The Hall–Kier alpha value is -1.76. The number of amides is 1. The molecular formula is C17H23F3N2O2. The van der Waals surface area contributed by atoms with E-state index in [1.165, 1.54) is 11.0 Å². The fourth-order valence-electron chi connectivity index (χ4n) is 2.82. The minimum atomic E-state index is -4.39. The number of nitrogens with two attached hydrogens (primary N) is 1. The van der Waals surface area contributed by atoms with Gasteiger partial charge in [-0.1, -0.05) is 18.2 Å². The Labute approximate surface area is 139 Å². The zero-order valence-corrected chi connectivity index (χ0v) is 14.1. The zero-order valence-electron chi connectivity index (χ0n) is 14.1. The van der Waals surface area contributed by atoms with Crippen LogP contribution in [0.1, 0.15) is 44.2 Å². The van der Waals surface area contributed by atoms with Crippen molar-refractivity contribution < 1.29 is 22.7 Å². The third kappa shape index (κ3) is 4.87. The molecule has 4 nitrogen and oxygen atoms in total. The molecule has 0 aromatic heterocycles. The van der Waals surface area contributed by atoms with Crippen LogP contribution in [0.2, 0.25) is 0 Å². The Balaban J connectivity index is 2.18. The highest BCUT2D eigenvalue weighted by atomic mass is 19.4. The number of rotatable bonds is 1. The van der Waals surface area contributed by atoms with Gasteiger partial charge in [0.25, 0.3) is 0 Å². The number of carbonyl (C=O) groups excluding carboxylic acids is 1. The van der Waals surface area contributed by atoms with E-state index < -0.39 is 23.4 Å². The van der Waals surface area contributed by atoms with Crippen LogP contribution in [0, 0.1) is 0 Å². The summed E-state index contributed by atoms with van der Waals surface area (Å²) >= 11 is 0. The van der Waals surface area contributed by atoms with E-state index in [4.69, 9.17) is 10.5 Å². The number of ether oxygens (including phenoxy) is 1. The molecule has 1 aromatic carbocycles. The highest BCUT2D eigenvalue weighted by molar-refractivity contribution is 5.68. The lowest BCUT2D eigenvalue weighted by Crippen LogP contribution is -2.50. The molecule has 1 aromatic rings. The molecule has 0 bridgehead atoms. The first-order chi connectivity index (χ1) is 11.0. The van der Waals surface area contributed by atoms with Gasteiger partial charge in [0.2, 0.25) is 0 Å². The van der Waals surface area contributed by atoms with Crippen LogP contribution in [-0.2, 0) is 10.9 Å². The number of carbonyl (C=O) groups is 1. The van der Waals surface area contributed by atoms with E-state index >= 15 is 0 Å². The SMILES string of the molecule is CC(C)(C)OC(=O)N1C[C@H](N)C[C@@H](c2cccc(C(F)(F)F)c2)C1. The number of likely N-dealkylation sites (tertiary alicyclic amines) is 1. The van der Waals surface area contributed by atoms with Crippen molar-refractivity contribution in [1.82, 2.24) is 4.90 Å². The zero-order chi connectivity index (χ0) is 18.1. The summed E-state index contributed by atoms with van der Waals surface area (Å²) in [6.07, 6.45) is -4.35. The predicted octanol–water partition coefficient (Wildman–Crippen LogP) is 3.76. The van der Waals surface area contributed by atoms with Crippen molar-refractivity contribution in [2.45, 2.75) is 50.9 Å². The highest BCUT2D eigenvalue weighted by Gasteiger charge is 2.34. The lowest BCUT2D eigenvalue weighted by atomic mass is 9.87. The van der Waals surface area contributed by atoms with Gasteiger partial charge in [-0.25, -0.2) is 4.79 Å². The maximum absolute atomic E-state index is 12.9. The molecule has 0 radical (unpaired) electrons. The molecule has 1 saturated heterocycles. The minimum Gasteiger partial charge on any atom is -0.444 e. The molecular weight excluding hydrogens is 321 g/mol. The molecule has 24 heavy (non-hydrogen) atoms. The molecule has 1 amide bonds. The average molecular weight is 344 g/mol. The first kappa shape index (κ1) is 18.6. The molecule has 0 saturated carbocycles. The smallest absolute Gasteiger partial charge is 0.416 e. The summed E-state index contributed by atoms with van der Waals surface area (Å²) < 4.78 is 44.0. The van der Waals surface area contributed by atoms with Crippen LogP contribution in [0.4, 0.5) is 18.0 Å². The normalized spacial score (nSPS) is 22.4. The summed E-state index contributed by atoms with van der Waals surface area (Å²) in [6.45, 7) is 5.92. The fourth-order valence-corrected chi connectivity index (χ4v) is 2.82. The van der Waals surface area contributed by atoms with Crippen molar-refractivity contribution in [1.29, 1.82) is 0 Å². The molecule has 0 spiro atoms. The van der Waals surface area contributed by atoms with Crippen LogP contribution in [0.3, 0.4) is 0 Å². The second-order valence-electron chi connectivity index (χ2n) is 7.20. The number of hydrogen-bond acceptors (Lipinski definition) is 3. The number of benzene rings is 1. The van der Waals surface area contributed by atoms with Gasteiger partial charge in [-0.05, 0) is 38.8 Å². The molecule has 134 valence electrons. The quantitative estimate of drug-likeness (QED) is 0.844. The van der Waals surface area contributed by atoms with Gasteiger partial charge in [-0.2, -0.15) is 13.2 Å². The summed E-state index contributed by atoms with van der Waals surface area (Å²) in [5, 5.41) is 0. The molecule has 1 aliphatic heterocycles. The topological polar surface area (TPSA) is 55.6 Å². The number of piperidine rings is 1. The molecule has 1 fully saturated rings. The number of hydrogen-bond donors (Lipinski definition) is 1. The van der Waals surface area contributed by atoms with Gasteiger partial charge < -0.3 is 15.4 Å². The van der Waals surface area contributed by atoms with Crippen LogP contribution in [0.15, 0.2) is 24.3 Å². The largest absolute Gasteiger partial charge is 0.444 e. The highest BCUT2D eigenvalue weighted by Crippen LogP contribution is 2.33. The Morgan fingerprint density at radius 2 is 1.92 bits per heavy atom. The number of nitrogens with zero attached hydrogens (tertiary/aromatic N) is 1. The summed E-state index contributed by atoms with van der Waals surface area (Å²) in [5.41, 5.74) is 5.22. The van der Waals surface area contributed by atoms with Gasteiger partial charge in [0.1, 0.15) is 5.60 Å². The molecule has 1 aliphatic rings. The van der Waals surface area contributed by atoms with E-state index in [1.54, 1.807) is 26.8 Å². The summed E-state index contributed by atoms with van der Waals surface area (Å²) in [5.74, 6) is -0.247. The Morgan fingerprint density at radius 3 is 2.50 bits per heavy atom.